The highest BCUT2D eigenvalue weighted by Crippen LogP contribution is 2.02. The minimum Gasteiger partial charge on any atom is -0.369 e. The highest BCUT2D eigenvalue weighted by Gasteiger charge is 1.95. The van der Waals surface area contributed by atoms with E-state index in [9.17, 15) is 0 Å². The molecule has 3 heteroatoms. The molecule has 0 spiro atoms. The van der Waals surface area contributed by atoms with Gasteiger partial charge >= 0.3 is 0 Å². The molecule has 0 bridgehead atoms. The van der Waals surface area contributed by atoms with E-state index in [4.69, 9.17) is 4.74 Å². The predicted molar refractivity (Wildman–Crippen MR) is 57.0 cm³/mol. The first-order valence-electron chi connectivity index (χ1n) is 4.83. The van der Waals surface area contributed by atoms with Gasteiger partial charge in [0.1, 0.15) is 6.61 Å². The van der Waals surface area contributed by atoms with Crippen LogP contribution in [-0.4, -0.2) is 9.97 Å². The standard InChI is InChI=1S/C12H12N2O/c1-2-5-11(6-3-1)9-15-10-12-13-7-4-8-14-12/h1-8H,9-10H2. The highest BCUT2D eigenvalue weighted by molar-refractivity contribution is 5.13. The van der Waals surface area contributed by atoms with Crippen LogP contribution >= 0.6 is 0 Å². The molecule has 0 fully saturated rings. The van der Waals surface area contributed by atoms with Crippen LogP contribution in [0.4, 0.5) is 0 Å². The summed E-state index contributed by atoms with van der Waals surface area (Å²) in [6.45, 7) is 1.05. The quantitative estimate of drug-likeness (QED) is 0.758. The second-order valence-corrected chi connectivity index (χ2v) is 3.14. The average Bonchev–Trinajstić information content (AvgIpc) is 2.32. The number of hydrogen-bond donors (Lipinski definition) is 0. The maximum atomic E-state index is 5.48. The fourth-order valence-electron chi connectivity index (χ4n) is 1.24. The van der Waals surface area contributed by atoms with Gasteiger partial charge in [0, 0.05) is 12.4 Å². The van der Waals surface area contributed by atoms with Crippen molar-refractivity contribution in [2.45, 2.75) is 13.2 Å². The van der Waals surface area contributed by atoms with E-state index in [0.29, 0.717) is 19.0 Å². The van der Waals surface area contributed by atoms with E-state index < -0.39 is 0 Å². The van der Waals surface area contributed by atoms with Crippen LogP contribution in [0.3, 0.4) is 0 Å². The van der Waals surface area contributed by atoms with Gasteiger partial charge < -0.3 is 4.74 Å². The smallest absolute Gasteiger partial charge is 0.153 e. The van der Waals surface area contributed by atoms with E-state index in [1.807, 2.05) is 30.3 Å². The largest absolute Gasteiger partial charge is 0.369 e. The molecule has 0 unspecified atom stereocenters. The molecule has 3 nitrogen and oxygen atoms in total. The molecule has 0 amide bonds. The van der Waals surface area contributed by atoms with Crippen LogP contribution in [-0.2, 0) is 18.0 Å². The van der Waals surface area contributed by atoms with E-state index in [-0.39, 0.29) is 0 Å². The minimum absolute atomic E-state index is 0.454. The molecule has 1 aromatic heterocycles. The molecule has 0 saturated heterocycles. The predicted octanol–water partition coefficient (Wildman–Crippen LogP) is 2.19. The van der Waals surface area contributed by atoms with Crippen molar-refractivity contribution in [3.8, 4) is 0 Å². The Morgan fingerprint density at radius 3 is 2.33 bits per heavy atom. The maximum absolute atomic E-state index is 5.48. The van der Waals surface area contributed by atoms with Gasteiger partial charge in [-0.15, -0.1) is 0 Å². The van der Waals surface area contributed by atoms with Gasteiger partial charge in [-0.05, 0) is 11.6 Å². The first-order valence-corrected chi connectivity index (χ1v) is 4.83. The lowest BCUT2D eigenvalue weighted by atomic mass is 10.2. The zero-order valence-corrected chi connectivity index (χ0v) is 8.34. The van der Waals surface area contributed by atoms with Crippen molar-refractivity contribution < 1.29 is 4.74 Å². The van der Waals surface area contributed by atoms with Crippen molar-refractivity contribution in [1.29, 1.82) is 0 Å². The fraction of sp³-hybridized carbons (Fsp3) is 0.167. The van der Waals surface area contributed by atoms with E-state index in [2.05, 4.69) is 9.97 Å². The Kier molecular flexibility index (Phi) is 3.41. The summed E-state index contributed by atoms with van der Waals surface area (Å²) < 4.78 is 5.48. The summed E-state index contributed by atoms with van der Waals surface area (Å²) in [4.78, 5) is 8.15. The molecular formula is C12H12N2O. The molecule has 0 aliphatic rings. The average molecular weight is 200 g/mol. The molecule has 0 saturated carbocycles. The molecule has 2 rings (SSSR count). The number of nitrogens with zero attached hydrogens (tertiary/aromatic N) is 2. The second-order valence-electron chi connectivity index (χ2n) is 3.14. The summed E-state index contributed by atoms with van der Waals surface area (Å²) >= 11 is 0. The lowest BCUT2D eigenvalue weighted by Crippen LogP contribution is -1.98. The van der Waals surface area contributed by atoms with Gasteiger partial charge in [-0.25, -0.2) is 9.97 Å². The van der Waals surface area contributed by atoms with Crippen molar-refractivity contribution >= 4 is 0 Å². The lowest BCUT2D eigenvalue weighted by molar-refractivity contribution is 0.102. The molecule has 0 aliphatic heterocycles. The molecule has 1 heterocycles. The summed E-state index contributed by atoms with van der Waals surface area (Å²) in [5.41, 5.74) is 1.16. The SMILES string of the molecule is c1ccc(COCc2ncccn2)cc1. The van der Waals surface area contributed by atoms with Crippen molar-refractivity contribution in [3.63, 3.8) is 0 Å². The lowest BCUT2D eigenvalue weighted by Gasteiger charge is -2.02. The Labute approximate surface area is 88.8 Å². The van der Waals surface area contributed by atoms with Gasteiger partial charge in [0.2, 0.25) is 0 Å². The number of ether oxygens (including phenoxy) is 1. The van der Waals surface area contributed by atoms with E-state index in [1.165, 1.54) is 0 Å². The molecule has 0 aliphatic carbocycles. The van der Waals surface area contributed by atoms with E-state index >= 15 is 0 Å². The normalized spacial score (nSPS) is 10.1. The van der Waals surface area contributed by atoms with Crippen LogP contribution in [0, 0.1) is 0 Å². The summed E-state index contributed by atoms with van der Waals surface area (Å²) in [6, 6.07) is 11.8. The third-order valence-corrected chi connectivity index (χ3v) is 1.96. The zero-order chi connectivity index (χ0) is 10.3. The zero-order valence-electron chi connectivity index (χ0n) is 8.34. The summed E-state index contributed by atoms with van der Waals surface area (Å²) in [7, 11) is 0. The Balaban J connectivity index is 1.81. The second kappa shape index (κ2) is 5.22. The molecule has 0 radical (unpaired) electrons. The molecule has 2 aromatic rings. The first-order chi connectivity index (χ1) is 7.45. The van der Waals surface area contributed by atoms with Gasteiger partial charge in [-0.3, -0.25) is 0 Å². The highest BCUT2D eigenvalue weighted by atomic mass is 16.5. The number of benzene rings is 1. The van der Waals surface area contributed by atoms with Crippen LogP contribution in [0.2, 0.25) is 0 Å². The van der Waals surface area contributed by atoms with Crippen LogP contribution in [0.15, 0.2) is 48.8 Å². The van der Waals surface area contributed by atoms with Gasteiger partial charge in [-0.1, -0.05) is 30.3 Å². The summed E-state index contributed by atoms with van der Waals surface area (Å²) in [5.74, 6) is 0.716. The van der Waals surface area contributed by atoms with Gasteiger partial charge in [0.25, 0.3) is 0 Å². The van der Waals surface area contributed by atoms with Crippen molar-refractivity contribution in [1.82, 2.24) is 9.97 Å². The Bertz CT molecular complexity index is 349. The van der Waals surface area contributed by atoms with Gasteiger partial charge in [0.15, 0.2) is 5.82 Å². The van der Waals surface area contributed by atoms with Crippen molar-refractivity contribution in [2.75, 3.05) is 0 Å². The van der Waals surface area contributed by atoms with Crippen molar-refractivity contribution in [2.24, 2.45) is 0 Å². The van der Waals surface area contributed by atoms with Crippen LogP contribution in [0.25, 0.3) is 0 Å². The Hall–Kier alpha value is -1.74. The van der Waals surface area contributed by atoms with E-state index in [1.54, 1.807) is 18.5 Å². The van der Waals surface area contributed by atoms with Crippen LogP contribution in [0.1, 0.15) is 11.4 Å². The molecule has 76 valence electrons. The fourth-order valence-corrected chi connectivity index (χ4v) is 1.24. The monoisotopic (exact) mass is 200 g/mol. The van der Waals surface area contributed by atoms with Crippen molar-refractivity contribution in [3.05, 3.63) is 60.2 Å². The number of aromatic nitrogens is 2. The van der Waals surface area contributed by atoms with Gasteiger partial charge in [-0.2, -0.15) is 0 Å². The molecule has 1 aromatic carbocycles. The van der Waals surface area contributed by atoms with Crippen LogP contribution < -0.4 is 0 Å². The molecule has 0 atom stereocenters. The number of hydrogen-bond acceptors (Lipinski definition) is 3. The molecular weight excluding hydrogens is 188 g/mol. The minimum atomic E-state index is 0.454. The van der Waals surface area contributed by atoms with E-state index in [0.717, 1.165) is 5.56 Å². The summed E-state index contributed by atoms with van der Waals surface area (Å²) in [5, 5.41) is 0. The Morgan fingerprint density at radius 1 is 0.867 bits per heavy atom. The third kappa shape index (κ3) is 3.14. The van der Waals surface area contributed by atoms with Crippen LogP contribution in [0.5, 0.6) is 0 Å². The van der Waals surface area contributed by atoms with Gasteiger partial charge in [0.05, 0.1) is 6.61 Å². The Morgan fingerprint density at radius 2 is 1.60 bits per heavy atom. The number of rotatable bonds is 4. The molecule has 0 N–H and O–H groups in total. The summed E-state index contributed by atoms with van der Waals surface area (Å²) in [6.07, 6.45) is 3.43. The topological polar surface area (TPSA) is 35.0 Å². The molecule has 15 heavy (non-hydrogen) atoms. The first kappa shape index (κ1) is 9.80. The third-order valence-electron chi connectivity index (χ3n) is 1.96. The maximum Gasteiger partial charge on any atom is 0.153 e.